The van der Waals surface area contributed by atoms with Crippen LogP contribution in [0.25, 0.3) is 11.1 Å². The van der Waals surface area contributed by atoms with Crippen LogP contribution in [0.2, 0.25) is 0 Å². The molecule has 0 saturated carbocycles. The Labute approximate surface area is 94.8 Å². The molecule has 0 unspecified atom stereocenters. The van der Waals surface area contributed by atoms with E-state index in [1.807, 2.05) is 6.07 Å². The van der Waals surface area contributed by atoms with Crippen LogP contribution in [0.4, 0.5) is 0 Å². The molecule has 0 spiro atoms. The molecule has 1 heterocycles. The second-order valence-electron chi connectivity index (χ2n) is 3.75. The highest BCUT2D eigenvalue weighted by atomic mass is 16.5. The van der Waals surface area contributed by atoms with Gasteiger partial charge in [-0.25, -0.2) is 0 Å². The van der Waals surface area contributed by atoms with Crippen LogP contribution in [0.1, 0.15) is 5.56 Å². The van der Waals surface area contributed by atoms with Gasteiger partial charge >= 0.3 is 0 Å². The minimum Gasteiger partial charge on any atom is -0.493 e. The highest BCUT2D eigenvalue weighted by molar-refractivity contribution is 5.70. The maximum Gasteiger partial charge on any atom is 0.123 e. The van der Waals surface area contributed by atoms with Gasteiger partial charge in [-0.05, 0) is 17.2 Å². The highest BCUT2D eigenvalue weighted by Gasteiger charge is 2.15. The van der Waals surface area contributed by atoms with Crippen molar-refractivity contribution in [2.45, 2.75) is 6.42 Å². The Morgan fingerprint density at radius 3 is 2.50 bits per heavy atom. The molecular formula is C14H14O2. The predicted molar refractivity (Wildman–Crippen MR) is 64.7 cm³/mol. The minimum atomic E-state index is 0. The van der Waals surface area contributed by atoms with Crippen LogP contribution in [0.5, 0.6) is 5.75 Å². The van der Waals surface area contributed by atoms with E-state index in [1.165, 1.54) is 16.7 Å². The average molecular weight is 214 g/mol. The number of hydrogen-bond acceptors (Lipinski definition) is 1. The third-order valence-electron chi connectivity index (χ3n) is 2.83. The van der Waals surface area contributed by atoms with Gasteiger partial charge in [0.15, 0.2) is 0 Å². The first-order chi connectivity index (χ1) is 7.45. The summed E-state index contributed by atoms with van der Waals surface area (Å²) in [6, 6.07) is 16.8. The Bertz CT molecular complexity index is 477. The van der Waals surface area contributed by atoms with E-state index in [9.17, 15) is 0 Å². The Morgan fingerprint density at radius 2 is 1.69 bits per heavy atom. The lowest BCUT2D eigenvalue weighted by molar-refractivity contribution is 0.357. The van der Waals surface area contributed by atoms with Crippen LogP contribution < -0.4 is 4.74 Å². The van der Waals surface area contributed by atoms with Crippen molar-refractivity contribution in [2.75, 3.05) is 6.61 Å². The first-order valence-corrected chi connectivity index (χ1v) is 5.25. The molecule has 0 amide bonds. The van der Waals surface area contributed by atoms with Crippen LogP contribution in [0.15, 0.2) is 48.5 Å². The topological polar surface area (TPSA) is 40.7 Å². The van der Waals surface area contributed by atoms with Crippen LogP contribution in [0, 0.1) is 0 Å². The van der Waals surface area contributed by atoms with Gasteiger partial charge in [0.1, 0.15) is 5.75 Å². The van der Waals surface area contributed by atoms with Gasteiger partial charge in [0.25, 0.3) is 0 Å². The Hall–Kier alpha value is -1.80. The highest BCUT2D eigenvalue weighted by Crippen LogP contribution is 2.34. The van der Waals surface area contributed by atoms with Gasteiger partial charge in [-0.2, -0.15) is 0 Å². The molecule has 0 radical (unpaired) electrons. The molecule has 0 atom stereocenters. The van der Waals surface area contributed by atoms with Crippen LogP contribution in [0.3, 0.4) is 0 Å². The largest absolute Gasteiger partial charge is 0.493 e. The van der Waals surface area contributed by atoms with Gasteiger partial charge < -0.3 is 10.2 Å². The molecule has 0 aliphatic carbocycles. The van der Waals surface area contributed by atoms with Crippen LogP contribution in [-0.2, 0) is 6.42 Å². The fourth-order valence-electron chi connectivity index (χ4n) is 2.11. The number of benzene rings is 2. The van der Waals surface area contributed by atoms with Crippen molar-refractivity contribution >= 4 is 0 Å². The number of ether oxygens (including phenoxy) is 1. The molecule has 0 fully saturated rings. The first-order valence-electron chi connectivity index (χ1n) is 5.25. The van der Waals surface area contributed by atoms with Gasteiger partial charge in [-0.1, -0.05) is 42.5 Å². The van der Waals surface area contributed by atoms with E-state index < -0.39 is 0 Å². The summed E-state index contributed by atoms with van der Waals surface area (Å²) in [5, 5.41) is 0. The maximum atomic E-state index is 5.56. The van der Waals surface area contributed by atoms with E-state index in [1.54, 1.807) is 0 Å². The van der Waals surface area contributed by atoms with Crippen molar-refractivity contribution in [3.05, 3.63) is 54.1 Å². The summed E-state index contributed by atoms with van der Waals surface area (Å²) in [4.78, 5) is 0. The Kier molecular flexibility index (Phi) is 2.93. The van der Waals surface area contributed by atoms with Crippen molar-refractivity contribution in [1.82, 2.24) is 0 Å². The maximum absolute atomic E-state index is 5.56. The molecular weight excluding hydrogens is 200 g/mol. The van der Waals surface area contributed by atoms with Crippen LogP contribution in [-0.4, -0.2) is 12.1 Å². The summed E-state index contributed by atoms with van der Waals surface area (Å²) in [5.41, 5.74) is 3.94. The normalized spacial score (nSPS) is 12.5. The van der Waals surface area contributed by atoms with Gasteiger partial charge in [-0.3, -0.25) is 0 Å². The standard InChI is InChI=1S/C14H12O.H2O/c1-2-5-11(6-3-1)12-7-4-8-14-13(12)9-10-15-14;/h1-8H,9-10H2;1H2. The number of hydrogen-bond donors (Lipinski definition) is 0. The second-order valence-corrected chi connectivity index (χ2v) is 3.75. The van der Waals surface area contributed by atoms with E-state index in [2.05, 4.69) is 42.5 Å². The summed E-state index contributed by atoms with van der Waals surface area (Å²) >= 11 is 0. The van der Waals surface area contributed by atoms with E-state index in [0.717, 1.165) is 18.8 Å². The zero-order valence-corrected chi connectivity index (χ0v) is 8.94. The molecule has 16 heavy (non-hydrogen) atoms. The molecule has 0 saturated heterocycles. The smallest absolute Gasteiger partial charge is 0.123 e. The molecule has 1 aliphatic heterocycles. The second kappa shape index (κ2) is 4.37. The van der Waals surface area contributed by atoms with Crippen molar-refractivity contribution in [1.29, 1.82) is 0 Å². The molecule has 0 bridgehead atoms. The minimum absolute atomic E-state index is 0. The molecule has 1 aliphatic rings. The fraction of sp³-hybridized carbons (Fsp3) is 0.143. The van der Waals surface area contributed by atoms with Gasteiger partial charge in [0.05, 0.1) is 6.61 Å². The predicted octanol–water partition coefficient (Wildman–Crippen LogP) is 2.46. The Morgan fingerprint density at radius 1 is 0.875 bits per heavy atom. The quantitative estimate of drug-likeness (QED) is 0.718. The zero-order chi connectivity index (χ0) is 10.1. The molecule has 2 nitrogen and oxygen atoms in total. The van der Waals surface area contributed by atoms with E-state index in [4.69, 9.17) is 4.74 Å². The zero-order valence-electron chi connectivity index (χ0n) is 8.94. The lowest BCUT2D eigenvalue weighted by Gasteiger charge is -2.06. The fourth-order valence-corrected chi connectivity index (χ4v) is 2.11. The van der Waals surface area contributed by atoms with Crippen LogP contribution >= 0.6 is 0 Å². The summed E-state index contributed by atoms with van der Waals surface area (Å²) in [6.45, 7) is 0.819. The summed E-state index contributed by atoms with van der Waals surface area (Å²) in [5.74, 6) is 1.05. The summed E-state index contributed by atoms with van der Waals surface area (Å²) < 4.78 is 5.56. The molecule has 3 rings (SSSR count). The van der Waals surface area contributed by atoms with Gasteiger partial charge in [-0.15, -0.1) is 0 Å². The van der Waals surface area contributed by atoms with Crippen molar-refractivity contribution in [3.8, 4) is 16.9 Å². The number of fused-ring (bicyclic) bond motifs is 1. The molecule has 2 aromatic rings. The molecule has 2 heteroatoms. The molecule has 2 N–H and O–H groups in total. The summed E-state index contributed by atoms with van der Waals surface area (Å²) in [7, 11) is 0. The van der Waals surface area contributed by atoms with E-state index in [-0.39, 0.29) is 5.48 Å². The summed E-state index contributed by atoms with van der Waals surface area (Å²) in [6.07, 6.45) is 1.03. The lowest BCUT2D eigenvalue weighted by atomic mass is 9.98. The van der Waals surface area contributed by atoms with Crippen molar-refractivity contribution in [2.24, 2.45) is 0 Å². The van der Waals surface area contributed by atoms with E-state index in [0.29, 0.717) is 0 Å². The third-order valence-corrected chi connectivity index (χ3v) is 2.83. The third kappa shape index (κ3) is 1.68. The average Bonchev–Trinajstić information content (AvgIpc) is 2.78. The van der Waals surface area contributed by atoms with Gasteiger partial charge in [0.2, 0.25) is 0 Å². The van der Waals surface area contributed by atoms with Gasteiger partial charge in [0, 0.05) is 12.0 Å². The monoisotopic (exact) mass is 214 g/mol. The van der Waals surface area contributed by atoms with Crippen molar-refractivity contribution in [3.63, 3.8) is 0 Å². The van der Waals surface area contributed by atoms with E-state index >= 15 is 0 Å². The molecule has 0 aromatic heterocycles. The number of rotatable bonds is 1. The van der Waals surface area contributed by atoms with Crippen molar-refractivity contribution < 1.29 is 10.2 Å². The first kappa shape index (κ1) is 10.7. The molecule has 2 aromatic carbocycles. The Balaban J connectivity index is 0.000000963. The SMILES string of the molecule is O.c1ccc(-c2cccc3c2CCO3)cc1. The molecule has 82 valence electrons. The lowest BCUT2D eigenvalue weighted by Crippen LogP contribution is -1.86.